The Kier molecular flexibility index (Phi) is 7.43. The first-order valence-corrected chi connectivity index (χ1v) is 12.5. The Hall–Kier alpha value is -3.35. The zero-order valence-corrected chi connectivity index (χ0v) is 20.6. The molecular formula is C28H34N2O5. The molecule has 1 aliphatic carbocycles. The average molecular weight is 479 g/mol. The lowest BCUT2D eigenvalue weighted by Gasteiger charge is -2.39. The molecule has 0 radical (unpaired) electrons. The molecule has 2 aromatic carbocycles. The van der Waals surface area contributed by atoms with Crippen LogP contribution in [0.5, 0.6) is 0 Å². The fraction of sp³-hybridized carbons (Fsp3) is 0.464. The predicted molar refractivity (Wildman–Crippen MR) is 133 cm³/mol. The van der Waals surface area contributed by atoms with Crippen molar-refractivity contribution < 1.29 is 24.2 Å². The summed E-state index contributed by atoms with van der Waals surface area (Å²) in [6, 6.07) is 15.4. The van der Waals surface area contributed by atoms with E-state index in [2.05, 4.69) is 29.6 Å². The fourth-order valence-electron chi connectivity index (χ4n) is 5.35. The van der Waals surface area contributed by atoms with Gasteiger partial charge >= 0.3 is 12.1 Å². The maximum Gasteiger partial charge on any atom is 0.407 e. The molecule has 0 bridgehead atoms. The molecule has 0 saturated carbocycles. The highest BCUT2D eigenvalue weighted by Crippen LogP contribution is 2.44. The van der Waals surface area contributed by atoms with Gasteiger partial charge in [0.05, 0.1) is 5.92 Å². The van der Waals surface area contributed by atoms with Gasteiger partial charge < -0.3 is 20.1 Å². The number of carbonyl (C=O) groups is 3. The molecular weight excluding hydrogens is 444 g/mol. The zero-order chi connectivity index (χ0) is 25.1. The smallest absolute Gasteiger partial charge is 0.407 e. The van der Waals surface area contributed by atoms with E-state index in [1.165, 1.54) is 0 Å². The summed E-state index contributed by atoms with van der Waals surface area (Å²) in [6.07, 6.45) is 0.932. The summed E-state index contributed by atoms with van der Waals surface area (Å²) in [4.78, 5) is 39.4. The third kappa shape index (κ3) is 5.04. The van der Waals surface area contributed by atoms with E-state index in [1.807, 2.05) is 45.0 Å². The van der Waals surface area contributed by atoms with Crippen LogP contribution in [0.25, 0.3) is 11.1 Å². The predicted octanol–water partition coefficient (Wildman–Crippen LogP) is 4.65. The number of likely N-dealkylation sites (tertiary alicyclic amines) is 1. The van der Waals surface area contributed by atoms with E-state index in [4.69, 9.17) is 4.74 Å². The van der Waals surface area contributed by atoms with Gasteiger partial charge in [0.2, 0.25) is 5.91 Å². The quantitative estimate of drug-likeness (QED) is 0.604. The molecule has 1 fully saturated rings. The highest BCUT2D eigenvalue weighted by atomic mass is 16.5. The lowest BCUT2D eigenvalue weighted by atomic mass is 9.90. The minimum Gasteiger partial charge on any atom is -0.481 e. The summed E-state index contributed by atoms with van der Waals surface area (Å²) in [5.74, 6) is -1.58. The number of rotatable bonds is 7. The number of alkyl carbamates (subject to hydrolysis) is 1. The van der Waals surface area contributed by atoms with Crippen LogP contribution in [0.1, 0.15) is 57.1 Å². The number of nitrogens with zero attached hydrogens (tertiary/aromatic N) is 1. The number of nitrogens with one attached hydrogen (secondary N) is 1. The topological polar surface area (TPSA) is 95.9 Å². The van der Waals surface area contributed by atoms with Gasteiger partial charge in [-0.3, -0.25) is 9.59 Å². The molecule has 4 rings (SSSR count). The van der Waals surface area contributed by atoms with E-state index in [0.717, 1.165) is 22.3 Å². The van der Waals surface area contributed by atoms with E-state index in [9.17, 15) is 19.5 Å². The van der Waals surface area contributed by atoms with Crippen molar-refractivity contribution in [2.24, 2.45) is 11.8 Å². The second-order valence-electron chi connectivity index (χ2n) is 9.77. The number of aliphatic carboxylic acids is 1. The van der Waals surface area contributed by atoms with Gasteiger partial charge in [0.1, 0.15) is 12.6 Å². The van der Waals surface area contributed by atoms with Gasteiger partial charge in [0.25, 0.3) is 0 Å². The first-order valence-electron chi connectivity index (χ1n) is 12.5. The Balaban J connectivity index is 1.43. The molecule has 7 heteroatoms. The van der Waals surface area contributed by atoms with Crippen LogP contribution in [-0.4, -0.2) is 53.2 Å². The van der Waals surface area contributed by atoms with Crippen LogP contribution in [0.15, 0.2) is 48.5 Å². The number of benzene rings is 2. The molecule has 7 nitrogen and oxygen atoms in total. The standard InChI is InChI=1S/C28H34N2O5/c1-4-17(2)25(26(31)30-14-13-19(27(32)33)15-18(30)3)29-28(34)35-16-24-22-11-7-5-9-20(22)21-10-6-8-12-23(21)24/h5-12,17-19,24-25H,4,13-16H2,1-3H3,(H,29,34)(H,32,33)/t17?,18-,19-,25+/m1/s1. The molecule has 1 heterocycles. The molecule has 0 spiro atoms. The number of piperidine rings is 1. The number of carboxylic acids is 1. The maximum atomic E-state index is 13.4. The third-order valence-corrected chi connectivity index (χ3v) is 7.60. The van der Waals surface area contributed by atoms with E-state index in [1.54, 1.807) is 4.90 Å². The molecule has 0 aromatic heterocycles. The fourth-order valence-corrected chi connectivity index (χ4v) is 5.35. The van der Waals surface area contributed by atoms with Gasteiger partial charge in [-0.1, -0.05) is 68.8 Å². The highest BCUT2D eigenvalue weighted by Gasteiger charge is 2.37. The van der Waals surface area contributed by atoms with Gasteiger partial charge in [0.15, 0.2) is 0 Å². The second-order valence-corrected chi connectivity index (χ2v) is 9.77. The largest absolute Gasteiger partial charge is 0.481 e. The van der Waals surface area contributed by atoms with Crippen LogP contribution in [0.2, 0.25) is 0 Å². The summed E-state index contributed by atoms with van der Waals surface area (Å²) in [7, 11) is 0. The maximum absolute atomic E-state index is 13.4. The summed E-state index contributed by atoms with van der Waals surface area (Å²) in [6.45, 7) is 6.33. The molecule has 186 valence electrons. The minimum atomic E-state index is -0.820. The lowest BCUT2D eigenvalue weighted by molar-refractivity contribution is -0.148. The molecule has 1 saturated heterocycles. The second kappa shape index (κ2) is 10.5. The number of fused-ring (bicyclic) bond motifs is 3. The Morgan fingerprint density at radius 1 is 1.09 bits per heavy atom. The van der Waals surface area contributed by atoms with Gasteiger partial charge in [-0.05, 0) is 47.9 Å². The van der Waals surface area contributed by atoms with Gasteiger partial charge in [-0.2, -0.15) is 0 Å². The van der Waals surface area contributed by atoms with Crippen LogP contribution in [0, 0.1) is 11.8 Å². The first kappa shape index (κ1) is 24.8. The van der Waals surface area contributed by atoms with Crippen molar-refractivity contribution >= 4 is 18.0 Å². The third-order valence-electron chi connectivity index (χ3n) is 7.60. The number of amides is 2. The van der Waals surface area contributed by atoms with Gasteiger partial charge in [-0.25, -0.2) is 4.79 Å². The SMILES string of the molecule is CCC(C)[C@H](NC(=O)OCC1c2ccccc2-c2ccccc21)C(=O)N1CC[C@@H](C(=O)O)C[C@H]1C. The molecule has 4 atom stereocenters. The van der Waals surface area contributed by atoms with Crippen LogP contribution in [0.4, 0.5) is 4.79 Å². The molecule has 1 unspecified atom stereocenters. The molecule has 2 amide bonds. The van der Waals surface area contributed by atoms with E-state index in [0.29, 0.717) is 25.8 Å². The van der Waals surface area contributed by atoms with E-state index >= 15 is 0 Å². The summed E-state index contributed by atoms with van der Waals surface area (Å²) >= 11 is 0. The lowest BCUT2D eigenvalue weighted by Crippen LogP contribution is -2.56. The van der Waals surface area contributed by atoms with Crippen LogP contribution in [0.3, 0.4) is 0 Å². The van der Waals surface area contributed by atoms with E-state index in [-0.39, 0.29) is 30.4 Å². The number of hydrogen-bond acceptors (Lipinski definition) is 4. The molecule has 1 aliphatic heterocycles. The average Bonchev–Trinajstić information content (AvgIpc) is 3.18. The monoisotopic (exact) mass is 478 g/mol. The van der Waals surface area contributed by atoms with Crippen molar-refractivity contribution in [3.8, 4) is 11.1 Å². The minimum absolute atomic E-state index is 0.0547. The van der Waals surface area contributed by atoms with Gasteiger partial charge in [-0.15, -0.1) is 0 Å². The van der Waals surface area contributed by atoms with Crippen molar-refractivity contribution in [3.63, 3.8) is 0 Å². The van der Waals surface area contributed by atoms with Crippen molar-refractivity contribution in [2.45, 2.75) is 58.0 Å². The van der Waals surface area contributed by atoms with Crippen LogP contribution >= 0.6 is 0 Å². The Morgan fingerprint density at radius 3 is 2.23 bits per heavy atom. The van der Waals surface area contributed by atoms with Crippen molar-refractivity contribution in [1.29, 1.82) is 0 Å². The van der Waals surface area contributed by atoms with Crippen molar-refractivity contribution in [2.75, 3.05) is 13.2 Å². The van der Waals surface area contributed by atoms with Crippen LogP contribution < -0.4 is 5.32 Å². The van der Waals surface area contributed by atoms with Crippen molar-refractivity contribution in [3.05, 3.63) is 59.7 Å². The molecule has 2 aliphatic rings. The number of hydrogen-bond donors (Lipinski definition) is 2. The van der Waals surface area contributed by atoms with Crippen LogP contribution in [-0.2, 0) is 14.3 Å². The number of carbonyl (C=O) groups excluding carboxylic acids is 2. The number of carboxylic acid groups (broad SMARTS) is 1. The Labute approximate surface area is 206 Å². The molecule has 2 N–H and O–H groups in total. The number of ether oxygens (including phenoxy) is 1. The van der Waals surface area contributed by atoms with Crippen molar-refractivity contribution in [1.82, 2.24) is 10.2 Å². The Morgan fingerprint density at radius 2 is 1.69 bits per heavy atom. The first-order chi connectivity index (χ1) is 16.8. The zero-order valence-electron chi connectivity index (χ0n) is 20.6. The summed E-state index contributed by atoms with van der Waals surface area (Å²) in [5, 5.41) is 12.2. The molecule has 2 aromatic rings. The molecule has 35 heavy (non-hydrogen) atoms. The van der Waals surface area contributed by atoms with Gasteiger partial charge in [0, 0.05) is 18.5 Å². The summed E-state index contributed by atoms with van der Waals surface area (Å²) in [5.41, 5.74) is 4.57. The highest BCUT2D eigenvalue weighted by molar-refractivity contribution is 5.86. The normalized spacial score (nSPS) is 20.9. The van der Waals surface area contributed by atoms with E-state index < -0.39 is 24.0 Å². The summed E-state index contributed by atoms with van der Waals surface area (Å²) < 4.78 is 5.68. The Bertz CT molecular complexity index is 1050.